The lowest BCUT2D eigenvalue weighted by Crippen LogP contribution is -2.39. The predicted octanol–water partition coefficient (Wildman–Crippen LogP) is 2.71. The molecule has 0 bridgehead atoms. The molecule has 96 valence electrons. The topological polar surface area (TPSA) is 23.5 Å². The Morgan fingerprint density at radius 3 is 2.38 bits per heavy atom. The van der Waals surface area contributed by atoms with E-state index >= 15 is 0 Å². The third-order valence-corrected chi connectivity index (χ3v) is 3.90. The van der Waals surface area contributed by atoms with Crippen LogP contribution >= 0.6 is 12.6 Å². The molecule has 1 aliphatic carbocycles. The number of aliphatic hydroxyl groups is 1. The van der Waals surface area contributed by atoms with E-state index in [0.717, 1.165) is 18.3 Å². The lowest BCUT2D eigenvalue weighted by molar-refractivity contribution is 0.122. The highest BCUT2D eigenvalue weighted by Crippen LogP contribution is 2.22. The smallest absolute Gasteiger partial charge is 0.0558 e. The zero-order valence-electron chi connectivity index (χ0n) is 10.4. The van der Waals surface area contributed by atoms with Gasteiger partial charge >= 0.3 is 0 Å². The Hall–Kier alpha value is 0.270. The van der Waals surface area contributed by atoms with Crippen molar-refractivity contribution in [1.82, 2.24) is 4.90 Å². The molecule has 16 heavy (non-hydrogen) atoms. The molecule has 0 aromatic heterocycles. The molecular weight excluding hydrogens is 218 g/mol. The van der Waals surface area contributed by atoms with Gasteiger partial charge in [0.15, 0.2) is 0 Å². The number of thiol groups is 1. The number of hydrogen-bond donors (Lipinski definition) is 2. The molecule has 1 saturated carbocycles. The Kier molecular flexibility index (Phi) is 8.34. The van der Waals surface area contributed by atoms with Crippen LogP contribution in [0.1, 0.15) is 51.4 Å². The highest BCUT2D eigenvalue weighted by molar-refractivity contribution is 7.80. The summed E-state index contributed by atoms with van der Waals surface area (Å²) in [5.41, 5.74) is 0. The fraction of sp³-hybridized carbons (Fsp3) is 1.00. The monoisotopic (exact) mass is 245 g/mol. The van der Waals surface area contributed by atoms with Crippen molar-refractivity contribution in [3.05, 3.63) is 0 Å². The lowest BCUT2D eigenvalue weighted by Gasteiger charge is -2.34. The van der Waals surface area contributed by atoms with Gasteiger partial charge in [-0.2, -0.15) is 12.6 Å². The van der Waals surface area contributed by atoms with E-state index in [4.69, 9.17) is 5.11 Å². The Morgan fingerprint density at radius 1 is 1.00 bits per heavy atom. The van der Waals surface area contributed by atoms with Crippen LogP contribution in [-0.2, 0) is 0 Å². The van der Waals surface area contributed by atoms with E-state index in [2.05, 4.69) is 17.5 Å². The van der Waals surface area contributed by atoms with Gasteiger partial charge in [-0.1, -0.05) is 25.7 Å². The van der Waals surface area contributed by atoms with Crippen LogP contribution in [0.5, 0.6) is 0 Å². The van der Waals surface area contributed by atoms with Gasteiger partial charge in [0.2, 0.25) is 0 Å². The lowest BCUT2D eigenvalue weighted by atomic mass is 9.94. The Balaban J connectivity index is 2.22. The molecule has 1 aliphatic rings. The third kappa shape index (κ3) is 5.55. The zero-order chi connectivity index (χ0) is 11.6. The highest BCUT2D eigenvalue weighted by atomic mass is 32.1. The van der Waals surface area contributed by atoms with Crippen LogP contribution in [0.15, 0.2) is 0 Å². The maximum atomic E-state index is 9.12. The average Bonchev–Trinajstić information content (AvgIpc) is 2.34. The van der Waals surface area contributed by atoms with Crippen LogP contribution < -0.4 is 0 Å². The summed E-state index contributed by atoms with van der Waals surface area (Å²) in [6.07, 6.45) is 10.6. The molecule has 0 aromatic carbocycles. The first kappa shape index (κ1) is 14.3. The van der Waals surface area contributed by atoms with Crippen molar-refractivity contribution in [3.8, 4) is 0 Å². The van der Waals surface area contributed by atoms with Crippen LogP contribution in [0.25, 0.3) is 0 Å². The summed E-state index contributed by atoms with van der Waals surface area (Å²) in [5, 5.41) is 9.12. The maximum absolute atomic E-state index is 9.12. The normalized spacial score (nSPS) is 18.2. The van der Waals surface area contributed by atoms with Crippen molar-refractivity contribution in [3.63, 3.8) is 0 Å². The van der Waals surface area contributed by atoms with Crippen molar-refractivity contribution in [1.29, 1.82) is 0 Å². The van der Waals surface area contributed by atoms with Crippen LogP contribution in [0.2, 0.25) is 0 Å². The minimum atomic E-state index is 0.309. The number of unbranched alkanes of at least 4 members (excludes halogenated alkanes) is 2. The minimum Gasteiger partial charge on any atom is -0.395 e. The molecule has 0 heterocycles. The van der Waals surface area contributed by atoms with Gasteiger partial charge in [-0.05, 0) is 38.0 Å². The number of hydrogen-bond acceptors (Lipinski definition) is 3. The van der Waals surface area contributed by atoms with Gasteiger partial charge in [0.25, 0.3) is 0 Å². The SMILES string of the molecule is OCCN(CCCCCS)C1CCCCC1. The van der Waals surface area contributed by atoms with Gasteiger partial charge < -0.3 is 5.11 Å². The minimum absolute atomic E-state index is 0.309. The molecule has 1 rings (SSSR count). The third-order valence-electron chi connectivity index (χ3n) is 3.58. The van der Waals surface area contributed by atoms with E-state index in [1.165, 1.54) is 57.9 Å². The molecule has 1 N–H and O–H groups in total. The van der Waals surface area contributed by atoms with E-state index < -0.39 is 0 Å². The van der Waals surface area contributed by atoms with Crippen LogP contribution in [0, 0.1) is 0 Å². The second kappa shape index (κ2) is 9.32. The van der Waals surface area contributed by atoms with Gasteiger partial charge in [-0.3, -0.25) is 4.90 Å². The average molecular weight is 245 g/mol. The molecule has 1 fully saturated rings. The Morgan fingerprint density at radius 2 is 1.75 bits per heavy atom. The summed E-state index contributed by atoms with van der Waals surface area (Å²) in [6, 6.07) is 0.747. The molecule has 0 aromatic rings. The van der Waals surface area contributed by atoms with E-state index in [9.17, 15) is 0 Å². The molecule has 0 amide bonds. The standard InChI is InChI=1S/C13H27NOS/c15-11-10-14(9-5-2-6-12-16)13-7-3-1-4-8-13/h13,15-16H,1-12H2. The molecule has 2 nitrogen and oxygen atoms in total. The van der Waals surface area contributed by atoms with Gasteiger partial charge in [0, 0.05) is 12.6 Å². The van der Waals surface area contributed by atoms with Crippen LogP contribution in [0.4, 0.5) is 0 Å². The molecule has 0 radical (unpaired) electrons. The summed E-state index contributed by atoms with van der Waals surface area (Å²) < 4.78 is 0. The van der Waals surface area contributed by atoms with Gasteiger partial charge in [0.1, 0.15) is 0 Å². The number of rotatable bonds is 8. The van der Waals surface area contributed by atoms with E-state index in [1.54, 1.807) is 0 Å². The van der Waals surface area contributed by atoms with Crippen LogP contribution in [0.3, 0.4) is 0 Å². The molecule has 0 spiro atoms. The van der Waals surface area contributed by atoms with E-state index in [0.29, 0.717) is 6.61 Å². The largest absolute Gasteiger partial charge is 0.395 e. The second-order valence-corrected chi connectivity index (χ2v) is 5.28. The molecule has 0 saturated heterocycles. The number of nitrogens with zero attached hydrogens (tertiary/aromatic N) is 1. The van der Waals surface area contributed by atoms with Crippen molar-refractivity contribution in [2.45, 2.75) is 57.4 Å². The first-order valence-corrected chi connectivity index (χ1v) is 7.47. The van der Waals surface area contributed by atoms with E-state index in [1.807, 2.05) is 0 Å². The van der Waals surface area contributed by atoms with Crippen molar-refractivity contribution in [2.75, 3.05) is 25.4 Å². The van der Waals surface area contributed by atoms with Crippen molar-refractivity contribution < 1.29 is 5.11 Å². The highest BCUT2D eigenvalue weighted by Gasteiger charge is 2.19. The fourth-order valence-corrected chi connectivity index (χ4v) is 2.88. The second-order valence-electron chi connectivity index (χ2n) is 4.84. The van der Waals surface area contributed by atoms with Crippen molar-refractivity contribution in [2.24, 2.45) is 0 Å². The Labute approximate surface area is 106 Å². The molecule has 0 unspecified atom stereocenters. The molecule has 3 heteroatoms. The molecule has 0 aliphatic heterocycles. The molecular formula is C13H27NOS. The first-order chi connectivity index (χ1) is 7.88. The van der Waals surface area contributed by atoms with Crippen molar-refractivity contribution >= 4 is 12.6 Å². The zero-order valence-corrected chi connectivity index (χ0v) is 11.3. The van der Waals surface area contributed by atoms with Gasteiger partial charge in [-0.25, -0.2) is 0 Å². The maximum Gasteiger partial charge on any atom is 0.0558 e. The fourth-order valence-electron chi connectivity index (χ4n) is 2.66. The Bertz CT molecular complexity index is 160. The summed E-state index contributed by atoms with van der Waals surface area (Å²) in [4.78, 5) is 2.51. The summed E-state index contributed by atoms with van der Waals surface area (Å²) in [5.74, 6) is 1.00. The molecule has 0 atom stereocenters. The quantitative estimate of drug-likeness (QED) is 0.507. The van der Waals surface area contributed by atoms with Crippen LogP contribution in [-0.4, -0.2) is 41.5 Å². The summed E-state index contributed by atoms with van der Waals surface area (Å²) in [7, 11) is 0. The predicted molar refractivity (Wildman–Crippen MR) is 73.2 cm³/mol. The van der Waals surface area contributed by atoms with E-state index in [-0.39, 0.29) is 0 Å². The number of aliphatic hydroxyl groups excluding tert-OH is 1. The summed E-state index contributed by atoms with van der Waals surface area (Å²) >= 11 is 4.23. The first-order valence-electron chi connectivity index (χ1n) is 6.84. The summed E-state index contributed by atoms with van der Waals surface area (Å²) in [6.45, 7) is 2.34. The van der Waals surface area contributed by atoms with Gasteiger partial charge in [0.05, 0.1) is 6.61 Å². The van der Waals surface area contributed by atoms with Gasteiger partial charge in [-0.15, -0.1) is 0 Å².